The molecule has 0 atom stereocenters. The Hall–Kier alpha value is -3.00. The smallest absolute Gasteiger partial charge is 0.119 e. The van der Waals surface area contributed by atoms with Crippen LogP contribution in [0.2, 0.25) is 0 Å². The molecular weight excluding hydrogens is 392 g/mol. The molecule has 0 aliphatic heterocycles. The van der Waals surface area contributed by atoms with Gasteiger partial charge in [-0.15, -0.1) is 0 Å². The largest absolute Gasteiger partial charge is 0.494 e. The highest BCUT2D eigenvalue weighted by Gasteiger charge is 2.14. The number of hydrogen-bond acceptors (Lipinski definition) is 2. The first kappa shape index (κ1) is 23.7. The molecule has 0 fully saturated rings. The van der Waals surface area contributed by atoms with E-state index in [-0.39, 0.29) is 0 Å². The van der Waals surface area contributed by atoms with E-state index in [1.54, 1.807) is 0 Å². The zero-order chi connectivity index (χ0) is 22.6. The standard InChI is InChI=1S/C30H36O2/c1-4-7-21-31-27-19-17-25(18-20-27)30(24-13-10-9-11-14-24)29(6-3)26-15-12-16-28(23-26)32-22-8-5-2/h9-20,23H,4-8,21-22H2,1-3H3/b30-29+. The molecule has 0 bridgehead atoms. The summed E-state index contributed by atoms with van der Waals surface area (Å²) in [5, 5.41) is 0. The van der Waals surface area contributed by atoms with Gasteiger partial charge in [0.1, 0.15) is 11.5 Å². The molecule has 0 aliphatic carbocycles. The van der Waals surface area contributed by atoms with Crippen molar-refractivity contribution in [3.8, 4) is 11.5 Å². The van der Waals surface area contributed by atoms with Crippen molar-refractivity contribution in [2.75, 3.05) is 13.2 Å². The summed E-state index contributed by atoms with van der Waals surface area (Å²) < 4.78 is 11.9. The topological polar surface area (TPSA) is 18.5 Å². The summed E-state index contributed by atoms with van der Waals surface area (Å²) in [6, 6.07) is 27.7. The Morgan fingerprint density at radius 2 is 1.19 bits per heavy atom. The van der Waals surface area contributed by atoms with Crippen molar-refractivity contribution in [3.63, 3.8) is 0 Å². The fraction of sp³-hybridized carbons (Fsp3) is 0.333. The molecule has 168 valence electrons. The summed E-state index contributed by atoms with van der Waals surface area (Å²) in [5.74, 6) is 1.87. The fourth-order valence-electron chi connectivity index (χ4n) is 3.81. The summed E-state index contributed by atoms with van der Waals surface area (Å²) in [5.41, 5.74) is 6.22. The molecule has 2 nitrogen and oxygen atoms in total. The van der Waals surface area contributed by atoms with Gasteiger partial charge in [-0.3, -0.25) is 0 Å². The minimum Gasteiger partial charge on any atom is -0.494 e. The van der Waals surface area contributed by atoms with Gasteiger partial charge in [0.25, 0.3) is 0 Å². The van der Waals surface area contributed by atoms with Crippen molar-refractivity contribution in [3.05, 3.63) is 95.6 Å². The molecule has 0 N–H and O–H groups in total. The number of benzene rings is 3. The molecular formula is C30H36O2. The lowest BCUT2D eigenvalue weighted by Gasteiger charge is -2.17. The predicted molar refractivity (Wildman–Crippen MR) is 136 cm³/mol. The first-order valence-corrected chi connectivity index (χ1v) is 12.0. The van der Waals surface area contributed by atoms with Crippen molar-refractivity contribution < 1.29 is 9.47 Å². The molecule has 0 amide bonds. The van der Waals surface area contributed by atoms with Gasteiger partial charge in [0.15, 0.2) is 0 Å². The maximum atomic E-state index is 6.00. The molecule has 3 rings (SSSR count). The Morgan fingerprint density at radius 3 is 1.81 bits per heavy atom. The molecule has 0 saturated heterocycles. The van der Waals surface area contributed by atoms with Crippen LogP contribution in [-0.2, 0) is 0 Å². The normalized spacial score (nSPS) is 11.7. The maximum Gasteiger partial charge on any atom is 0.119 e. The Balaban J connectivity index is 2.01. The first-order valence-electron chi connectivity index (χ1n) is 12.0. The van der Waals surface area contributed by atoms with E-state index in [1.165, 1.54) is 27.8 Å². The molecule has 0 radical (unpaired) electrons. The van der Waals surface area contributed by atoms with E-state index in [4.69, 9.17) is 9.47 Å². The highest BCUT2D eigenvalue weighted by Crippen LogP contribution is 2.36. The van der Waals surface area contributed by atoms with Crippen LogP contribution < -0.4 is 9.47 Å². The van der Waals surface area contributed by atoms with E-state index in [1.807, 2.05) is 0 Å². The predicted octanol–water partition coefficient (Wildman–Crippen LogP) is 8.41. The molecule has 0 spiro atoms. The Bertz CT molecular complexity index is 971. The van der Waals surface area contributed by atoms with Crippen LogP contribution in [0.15, 0.2) is 78.9 Å². The fourth-order valence-corrected chi connectivity index (χ4v) is 3.81. The molecule has 0 aromatic heterocycles. The summed E-state index contributed by atoms with van der Waals surface area (Å²) >= 11 is 0. The molecule has 3 aromatic rings. The summed E-state index contributed by atoms with van der Waals surface area (Å²) in [6.45, 7) is 8.12. The van der Waals surface area contributed by atoms with Crippen molar-refractivity contribution in [1.29, 1.82) is 0 Å². The Morgan fingerprint density at radius 1 is 0.594 bits per heavy atom. The minimum absolute atomic E-state index is 0.760. The number of ether oxygens (including phenoxy) is 2. The average molecular weight is 429 g/mol. The van der Waals surface area contributed by atoms with Gasteiger partial charge < -0.3 is 9.47 Å². The minimum atomic E-state index is 0.760. The van der Waals surface area contributed by atoms with Crippen LogP contribution in [-0.4, -0.2) is 13.2 Å². The van der Waals surface area contributed by atoms with Crippen molar-refractivity contribution >= 4 is 11.1 Å². The van der Waals surface area contributed by atoms with Gasteiger partial charge >= 0.3 is 0 Å². The van der Waals surface area contributed by atoms with E-state index >= 15 is 0 Å². The van der Waals surface area contributed by atoms with E-state index in [0.29, 0.717) is 0 Å². The van der Waals surface area contributed by atoms with Crippen LogP contribution in [0, 0.1) is 0 Å². The van der Waals surface area contributed by atoms with E-state index in [2.05, 4.69) is 99.6 Å². The Kier molecular flexibility index (Phi) is 9.43. The van der Waals surface area contributed by atoms with Crippen LogP contribution in [0.1, 0.15) is 69.6 Å². The summed E-state index contributed by atoms with van der Waals surface area (Å²) in [7, 11) is 0. The van der Waals surface area contributed by atoms with Crippen molar-refractivity contribution in [1.82, 2.24) is 0 Å². The molecule has 0 saturated carbocycles. The van der Waals surface area contributed by atoms with Gasteiger partial charge in [0.2, 0.25) is 0 Å². The second-order valence-electron chi connectivity index (χ2n) is 8.03. The van der Waals surface area contributed by atoms with Gasteiger partial charge in [0, 0.05) is 0 Å². The molecule has 0 unspecified atom stereocenters. The van der Waals surface area contributed by atoms with Crippen LogP contribution in [0.25, 0.3) is 11.1 Å². The van der Waals surface area contributed by atoms with Crippen LogP contribution in [0.4, 0.5) is 0 Å². The third-order valence-electron chi connectivity index (χ3n) is 5.58. The zero-order valence-electron chi connectivity index (χ0n) is 19.8. The molecule has 3 aromatic carbocycles. The highest BCUT2D eigenvalue weighted by atomic mass is 16.5. The molecule has 2 heteroatoms. The van der Waals surface area contributed by atoms with Gasteiger partial charge in [0.05, 0.1) is 13.2 Å². The first-order chi connectivity index (χ1) is 15.8. The number of allylic oxidation sites excluding steroid dienone is 1. The van der Waals surface area contributed by atoms with Crippen LogP contribution in [0.3, 0.4) is 0 Å². The average Bonchev–Trinajstić information content (AvgIpc) is 2.84. The molecule has 0 heterocycles. The Labute approximate surface area is 193 Å². The van der Waals surface area contributed by atoms with E-state index in [9.17, 15) is 0 Å². The van der Waals surface area contributed by atoms with Gasteiger partial charge in [-0.25, -0.2) is 0 Å². The van der Waals surface area contributed by atoms with Crippen molar-refractivity contribution in [2.45, 2.75) is 52.9 Å². The number of rotatable bonds is 12. The second kappa shape index (κ2) is 12.8. The third kappa shape index (κ3) is 6.50. The quantitative estimate of drug-likeness (QED) is 0.213. The lowest BCUT2D eigenvalue weighted by Crippen LogP contribution is -1.99. The zero-order valence-corrected chi connectivity index (χ0v) is 19.8. The van der Waals surface area contributed by atoms with Crippen LogP contribution >= 0.6 is 0 Å². The van der Waals surface area contributed by atoms with E-state index < -0.39 is 0 Å². The SMILES string of the molecule is CCCCOc1ccc(/C(=C(\CC)c2cccc(OCCCC)c2)c2ccccc2)cc1. The lowest BCUT2D eigenvalue weighted by molar-refractivity contribution is 0.309. The van der Waals surface area contributed by atoms with Crippen molar-refractivity contribution in [2.24, 2.45) is 0 Å². The van der Waals surface area contributed by atoms with Gasteiger partial charge in [-0.2, -0.15) is 0 Å². The highest BCUT2D eigenvalue weighted by molar-refractivity contribution is 5.98. The van der Waals surface area contributed by atoms with Gasteiger partial charge in [-0.05, 0) is 71.4 Å². The summed E-state index contributed by atoms with van der Waals surface area (Å²) in [4.78, 5) is 0. The number of hydrogen-bond donors (Lipinski definition) is 0. The maximum absolute atomic E-state index is 6.00. The van der Waals surface area contributed by atoms with Gasteiger partial charge in [-0.1, -0.05) is 88.2 Å². The molecule has 0 aliphatic rings. The van der Waals surface area contributed by atoms with Crippen LogP contribution in [0.5, 0.6) is 11.5 Å². The second-order valence-corrected chi connectivity index (χ2v) is 8.03. The monoisotopic (exact) mass is 428 g/mol. The van der Waals surface area contributed by atoms with E-state index in [0.717, 1.165) is 56.8 Å². The number of unbranched alkanes of at least 4 members (excludes halogenated alkanes) is 2. The third-order valence-corrected chi connectivity index (χ3v) is 5.58. The molecule has 32 heavy (non-hydrogen) atoms. The summed E-state index contributed by atoms with van der Waals surface area (Å²) in [6.07, 6.45) is 5.35. The lowest BCUT2D eigenvalue weighted by atomic mass is 9.88.